The molecule has 3 N–H and O–H groups in total. The van der Waals surface area contributed by atoms with Crippen LogP contribution in [0.5, 0.6) is 0 Å². The van der Waals surface area contributed by atoms with Gasteiger partial charge in [0.15, 0.2) is 0 Å². The summed E-state index contributed by atoms with van der Waals surface area (Å²) in [6, 6.07) is 0. The van der Waals surface area contributed by atoms with E-state index in [-0.39, 0.29) is 19.2 Å². The van der Waals surface area contributed by atoms with E-state index in [9.17, 15) is 9.59 Å². The Labute approximate surface area is 147 Å². The molecule has 0 aliphatic heterocycles. The number of hydrogen-bond acceptors (Lipinski definition) is 5. The number of rotatable bonds is 12. The van der Waals surface area contributed by atoms with Crippen molar-refractivity contribution < 1.29 is 29.6 Å². The number of unbranched alkanes of at least 4 members (excludes halogenated alkanes) is 8. The number of aliphatic carboxylic acids is 1. The van der Waals surface area contributed by atoms with Gasteiger partial charge in [-0.05, 0) is 13.3 Å². The molecule has 146 valence electrons. The third-order valence-electron chi connectivity index (χ3n) is 2.94. The van der Waals surface area contributed by atoms with Gasteiger partial charge < -0.3 is 20.1 Å². The van der Waals surface area contributed by atoms with E-state index < -0.39 is 5.97 Å². The maximum Gasteiger partial charge on any atom is 0.303 e. The van der Waals surface area contributed by atoms with Crippen LogP contribution in [0.25, 0.3) is 0 Å². The van der Waals surface area contributed by atoms with Gasteiger partial charge in [-0.3, -0.25) is 9.59 Å². The Kier molecular flexibility index (Phi) is 30.9. The Balaban J connectivity index is -0.000000363. The molecule has 0 aliphatic carbocycles. The van der Waals surface area contributed by atoms with Crippen molar-refractivity contribution in [1.29, 1.82) is 0 Å². The zero-order valence-corrected chi connectivity index (χ0v) is 15.8. The fourth-order valence-corrected chi connectivity index (χ4v) is 1.79. The molecule has 6 nitrogen and oxygen atoms in total. The molecule has 0 radical (unpaired) electrons. The van der Waals surface area contributed by atoms with E-state index in [1.54, 1.807) is 6.92 Å². The van der Waals surface area contributed by atoms with Crippen molar-refractivity contribution in [2.45, 2.75) is 85.0 Å². The topological polar surface area (TPSA) is 104 Å². The standard InChI is InChI=1S/C12H24O2.C4H8O2.C2H6O2/c1-2-3-4-5-6-7-8-9-10-11-12(13)14;1-3-6-4(2)5;3-1-2-4/h2-11H2,1H3,(H,13,14);3H2,1-2H3;3-4H,1-2H2. The lowest BCUT2D eigenvalue weighted by atomic mass is 10.1. The van der Waals surface area contributed by atoms with Gasteiger partial charge in [-0.25, -0.2) is 0 Å². The van der Waals surface area contributed by atoms with Crippen LogP contribution in [0.15, 0.2) is 0 Å². The average molecular weight is 350 g/mol. The quantitative estimate of drug-likeness (QED) is 0.367. The molecule has 0 spiro atoms. The Bertz CT molecular complexity index is 254. The first-order valence-electron chi connectivity index (χ1n) is 9.02. The maximum atomic E-state index is 10.2. The number of esters is 1. The Morgan fingerprint density at radius 1 is 0.792 bits per heavy atom. The normalized spacial score (nSPS) is 9.21. The van der Waals surface area contributed by atoms with Crippen molar-refractivity contribution in [2.24, 2.45) is 0 Å². The van der Waals surface area contributed by atoms with Crippen molar-refractivity contribution >= 4 is 11.9 Å². The third kappa shape index (κ3) is 42.8. The van der Waals surface area contributed by atoms with Crippen LogP contribution in [0.4, 0.5) is 0 Å². The largest absolute Gasteiger partial charge is 0.481 e. The number of carboxylic acids is 1. The zero-order valence-electron chi connectivity index (χ0n) is 15.8. The number of carbonyl (C=O) groups is 2. The molecule has 24 heavy (non-hydrogen) atoms. The number of carboxylic acid groups (broad SMARTS) is 1. The van der Waals surface area contributed by atoms with Crippen LogP contribution in [0, 0.1) is 0 Å². The first-order chi connectivity index (χ1) is 11.5. The Morgan fingerprint density at radius 3 is 1.46 bits per heavy atom. The van der Waals surface area contributed by atoms with Crippen molar-refractivity contribution in [2.75, 3.05) is 19.8 Å². The molecule has 0 saturated heterocycles. The summed E-state index contributed by atoms with van der Waals surface area (Å²) in [7, 11) is 0. The van der Waals surface area contributed by atoms with Gasteiger partial charge in [-0.2, -0.15) is 0 Å². The number of aliphatic hydroxyl groups is 2. The first kappa shape index (κ1) is 27.7. The predicted molar refractivity (Wildman–Crippen MR) is 96.0 cm³/mol. The molecule has 0 saturated carbocycles. The van der Waals surface area contributed by atoms with Gasteiger partial charge in [-0.15, -0.1) is 0 Å². The van der Waals surface area contributed by atoms with Gasteiger partial charge in [0.25, 0.3) is 0 Å². The molecule has 0 amide bonds. The summed E-state index contributed by atoms with van der Waals surface area (Å²) in [5.74, 6) is -0.870. The van der Waals surface area contributed by atoms with Crippen molar-refractivity contribution in [3.63, 3.8) is 0 Å². The number of carbonyl (C=O) groups excluding carboxylic acids is 1. The van der Waals surface area contributed by atoms with E-state index in [4.69, 9.17) is 15.3 Å². The third-order valence-corrected chi connectivity index (χ3v) is 2.94. The van der Waals surface area contributed by atoms with Crippen LogP contribution in [-0.4, -0.2) is 47.1 Å². The van der Waals surface area contributed by atoms with E-state index in [1.807, 2.05) is 0 Å². The highest BCUT2D eigenvalue weighted by atomic mass is 16.5. The van der Waals surface area contributed by atoms with E-state index in [1.165, 1.54) is 51.9 Å². The zero-order chi connectivity index (χ0) is 19.1. The maximum absolute atomic E-state index is 10.2. The van der Waals surface area contributed by atoms with Gasteiger partial charge in [0, 0.05) is 13.3 Å². The second kappa shape index (κ2) is 26.7. The summed E-state index contributed by atoms with van der Waals surface area (Å²) in [5, 5.41) is 23.7. The summed E-state index contributed by atoms with van der Waals surface area (Å²) in [6.45, 7) is 5.63. The molecule has 0 unspecified atom stereocenters. The summed E-state index contributed by atoms with van der Waals surface area (Å²) < 4.78 is 4.40. The number of ether oxygens (including phenoxy) is 1. The Morgan fingerprint density at radius 2 is 1.21 bits per heavy atom. The molecule has 0 atom stereocenters. The molecule has 6 heteroatoms. The van der Waals surface area contributed by atoms with Crippen molar-refractivity contribution in [1.82, 2.24) is 0 Å². The fraction of sp³-hybridized carbons (Fsp3) is 0.889. The van der Waals surface area contributed by atoms with Crippen molar-refractivity contribution in [3.05, 3.63) is 0 Å². The van der Waals surface area contributed by atoms with Gasteiger partial charge in [0.1, 0.15) is 0 Å². The van der Waals surface area contributed by atoms with Crippen molar-refractivity contribution in [3.8, 4) is 0 Å². The van der Waals surface area contributed by atoms with Crippen LogP contribution >= 0.6 is 0 Å². The smallest absolute Gasteiger partial charge is 0.303 e. The highest BCUT2D eigenvalue weighted by Crippen LogP contribution is 2.10. The van der Waals surface area contributed by atoms with Gasteiger partial charge >= 0.3 is 11.9 Å². The summed E-state index contributed by atoms with van der Waals surface area (Å²) in [5.41, 5.74) is 0. The molecule has 0 aromatic carbocycles. The molecular weight excluding hydrogens is 312 g/mol. The first-order valence-corrected chi connectivity index (χ1v) is 9.02. The lowest BCUT2D eigenvalue weighted by molar-refractivity contribution is -0.140. The summed E-state index contributed by atoms with van der Waals surface area (Å²) >= 11 is 0. The molecule has 0 bridgehead atoms. The van der Waals surface area contributed by atoms with E-state index >= 15 is 0 Å². The molecule has 0 aliphatic rings. The predicted octanol–water partition coefficient (Wildman–Crippen LogP) is 3.53. The average Bonchev–Trinajstić information content (AvgIpc) is 2.54. The molecule has 0 fully saturated rings. The lowest BCUT2D eigenvalue weighted by Crippen LogP contribution is -1.95. The highest BCUT2D eigenvalue weighted by Gasteiger charge is 1.96. The van der Waals surface area contributed by atoms with E-state index in [2.05, 4.69) is 11.7 Å². The van der Waals surface area contributed by atoms with Crippen LogP contribution in [0.2, 0.25) is 0 Å². The molecule has 0 aromatic rings. The van der Waals surface area contributed by atoms with Crippen LogP contribution in [0.1, 0.15) is 85.0 Å². The van der Waals surface area contributed by atoms with E-state index in [0.29, 0.717) is 13.0 Å². The van der Waals surface area contributed by atoms with Crippen LogP contribution in [-0.2, 0) is 14.3 Å². The summed E-state index contributed by atoms with van der Waals surface area (Å²) in [4.78, 5) is 20.0. The van der Waals surface area contributed by atoms with Crippen LogP contribution in [0.3, 0.4) is 0 Å². The highest BCUT2D eigenvalue weighted by molar-refractivity contribution is 5.66. The number of hydrogen-bond donors (Lipinski definition) is 3. The monoisotopic (exact) mass is 350 g/mol. The Hall–Kier alpha value is -1.14. The molecular formula is C18H38O6. The lowest BCUT2D eigenvalue weighted by Gasteiger charge is -2.00. The second-order valence-corrected chi connectivity index (χ2v) is 5.34. The van der Waals surface area contributed by atoms with Gasteiger partial charge in [0.2, 0.25) is 0 Å². The molecule has 0 heterocycles. The van der Waals surface area contributed by atoms with Crippen LogP contribution < -0.4 is 0 Å². The molecule has 0 rings (SSSR count). The minimum Gasteiger partial charge on any atom is -0.481 e. The SMILES string of the molecule is CCCCCCCCCCCC(=O)O.CCOC(C)=O.OCCO. The van der Waals surface area contributed by atoms with Gasteiger partial charge in [0.05, 0.1) is 19.8 Å². The second-order valence-electron chi connectivity index (χ2n) is 5.34. The molecule has 0 aromatic heterocycles. The minimum absolute atomic E-state index is 0.125. The fourth-order valence-electron chi connectivity index (χ4n) is 1.79. The summed E-state index contributed by atoms with van der Waals surface area (Å²) in [6.07, 6.45) is 11.5. The van der Waals surface area contributed by atoms with E-state index in [0.717, 1.165) is 12.8 Å². The number of aliphatic hydroxyl groups excluding tert-OH is 2. The minimum atomic E-state index is -0.659. The van der Waals surface area contributed by atoms with Gasteiger partial charge in [-0.1, -0.05) is 58.3 Å².